The molecular formula is C10H15N3S. The number of thiophene rings is 1. The van der Waals surface area contributed by atoms with Crippen LogP contribution in [0.5, 0.6) is 0 Å². The third-order valence-corrected chi connectivity index (χ3v) is 2.52. The van der Waals surface area contributed by atoms with Crippen molar-refractivity contribution in [3.05, 3.63) is 35.0 Å². The zero-order valence-electron chi connectivity index (χ0n) is 8.29. The molecule has 0 radical (unpaired) electrons. The molecule has 0 aliphatic rings. The Bertz CT molecular complexity index is 290. The van der Waals surface area contributed by atoms with Gasteiger partial charge in [-0.1, -0.05) is 12.1 Å². The second kappa shape index (κ2) is 6.21. The first-order valence-electron chi connectivity index (χ1n) is 4.44. The smallest absolute Gasteiger partial charge is 0.191 e. The van der Waals surface area contributed by atoms with Crippen LogP contribution in [0.4, 0.5) is 0 Å². The molecule has 0 spiro atoms. The van der Waals surface area contributed by atoms with Crippen molar-refractivity contribution in [2.75, 3.05) is 13.6 Å². The van der Waals surface area contributed by atoms with Gasteiger partial charge in [0.05, 0.1) is 6.54 Å². The van der Waals surface area contributed by atoms with E-state index in [9.17, 15) is 0 Å². The van der Waals surface area contributed by atoms with E-state index in [1.165, 1.54) is 4.88 Å². The highest BCUT2D eigenvalue weighted by Crippen LogP contribution is 2.06. The Kier molecular flexibility index (Phi) is 4.78. The van der Waals surface area contributed by atoms with Gasteiger partial charge >= 0.3 is 0 Å². The molecule has 4 heteroatoms. The fraction of sp³-hybridized carbons (Fsp3) is 0.300. The summed E-state index contributed by atoms with van der Waals surface area (Å²) >= 11 is 1.73. The molecule has 0 unspecified atom stereocenters. The zero-order valence-corrected chi connectivity index (χ0v) is 9.10. The zero-order chi connectivity index (χ0) is 10.2. The lowest BCUT2D eigenvalue weighted by Gasteiger charge is -2.08. The Hall–Kier alpha value is -1.29. The molecule has 0 bridgehead atoms. The Labute approximate surface area is 88.6 Å². The number of nitrogens with one attached hydrogen (secondary N) is 2. The molecule has 2 N–H and O–H groups in total. The van der Waals surface area contributed by atoms with E-state index in [1.54, 1.807) is 24.5 Å². The van der Waals surface area contributed by atoms with Crippen LogP contribution in [0.1, 0.15) is 4.88 Å². The predicted molar refractivity (Wildman–Crippen MR) is 62.7 cm³/mol. The summed E-state index contributed by atoms with van der Waals surface area (Å²) in [6.45, 7) is 5.17. The summed E-state index contributed by atoms with van der Waals surface area (Å²) in [4.78, 5) is 5.37. The maximum Gasteiger partial charge on any atom is 0.191 e. The maximum atomic E-state index is 4.08. The van der Waals surface area contributed by atoms with Crippen LogP contribution in [0.2, 0.25) is 0 Å². The Morgan fingerprint density at radius 1 is 1.64 bits per heavy atom. The van der Waals surface area contributed by atoms with Crippen LogP contribution in [-0.4, -0.2) is 19.6 Å². The van der Waals surface area contributed by atoms with Crippen molar-refractivity contribution in [2.24, 2.45) is 4.99 Å². The second-order valence-electron chi connectivity index (χ2n) is 2.67. The molecule has 0 aromatic carbocycles. The summed E-state index contributed by atoms with van der Waals surface area (Å²) < 4.78 is 0. The van der Waals surface area contributed by atoms with Gasteiger partial charge in [-0.05, 0) is 11.4 Å². The van der Waals surface area contributed by atoms with Crippen LogP contribution in [0.3, 0.4) is 0 Å². The first kappa shape index (κ1) is 10.8. The van der Waals surface area contributed by atoms with Gasteiger partial charge in [0.25, 0.3) is 0 Å². The Morgan fingerprint density at radius 2 is 2.50 bits per heavy atom. The molecule has 0 aliphatic carbocycles. The van der Waals surface area contributed by atoms with Crippen LogP contribution in [0.25, 0.3) is 0 Å². The molecule has 76 valence electrons. The highest BCUT2D eigenvalue weighted by atomic mass is 32.1. The lowest BCUT2D eigenvalue weighted by molar-refractivity contribution is 0.858. The first-order chi connectivity index (χ1) is 6.86. The van der Waals surface area contributed by atoms with Crippen molar-refractivity contribution in [3.63, 3.8) is 0 Å². The van der Waals surface area contributed by atoms with Crippen molar-refractivity contribution in [1.82, 2.24) is 10.6 Å². The van der Waals surface area contributed by atoms with E-state index in [-0.39, 0.29) is 0 Å². The molecule has 0 saturated heterocycles. The molecule has 0 fully saturated rings. The number of hydrogen-bond acceptors (Lipinski definition) is 2. The van der Waals surface area contributed by atoms with Gasteiger partial charge in [0.15, 0.2) is 5.96 Å². The van der Waals surface area contributed by atoms with Gasteiger partial charge in [-0.15, -0.1) is 17.9 Å². The first-order valence-corrected chi connectivity index (χ1v) is 5.32. The van der Waals surface area contributed by atoms with Crippen LogP contribution in [-0.2, 0) is 6.54 Å². The molecule has 14 heavy (non-hydrogen) atoms. The summed E-state index contributed by atoms with van der Waals surface area (Å²) in [5.74, 6) is 0.804. The molecule has 1 rings (SSSR count). The number of hydrogen-bond donors (Lipinski definition) is 2. The van der Waals surface area contributed by atoms with Gasteiger partial charge < -0.3 is 10.6 Å². The van der Waals surface area contributed by atoms with Crippen molar-refractivity contribution in [2.45, 2.75) is 6.54 Å². The van der Waals surface area contributed by atoms with Gasteiger partial charge in [0.2, 0.25) is 0 Å². The standard InChI is InChI=1S/C10H15N3S/c1-3-6-12-10(11-2)13-8-9-5-4-7-14-9/h3-5,7H,1,6,8H2,2H3,(H2,11,12,13). The minimum atomic E-state index is 0.726. The minimum Gasteiger partial charge on any atom is -0.353 e. The van der Waals surface area contributed by atoms with E-state index >= 15 is 0 Å². The summed E-state index contributed by atoms with van der Waals surface area (Å²) in [5.41, 5.74) is 0. The highest BCUT2D eigenvalue weighted by Gasteiger charge is 1.96. The maximum absolute atomic E-state index is 4.08. The summed E-state index contributed by atoms with van der Waals surface area (Å²) in [6.07, 6.45) is 1.80. The van der Waals surface area contributed by atoms with E-state index in [0.717, 1.165) is 19.0 Å². The van der Waals surface area contributed by atoms with Crippen molar-refractivity contribution < 1.29 is 0 Å². The third kappa shape index (κ3) is 3.62. The van der Waals surface area contributed by atoms with E-state index in [2.05, 4.69) is 33.7 Å². The van der Waals surface area contributed by atoms with E-state index in [4.69, 9.17) is 0 Å². The molecule has 1 aromatic heterocycles. The fourth-order valence-electron chi connectivity index (χ4n) is 0.973. The van der Waals surface area contributed by atoms with Gasteiger partial charge in [0, 0.05) is 18.5 Å². The van der Waals surface area contributed by atoms with Crippen LogP contribution >= 0.6 is 11.3 Å². The summed E-state index contributed by atoms with van der Waals surface area (Å²) in [6, 6.07) is 4.14. The van der Waals surface area contributed by atoms with Crippen LogP contribution in [0.15, 0.2) is 35.2 Å². The number of rotatable bonds is 4. The SMILES string of the molecule is C=CCNC(=NC)NCc1cccs1. The normalized spacial score (nSPS) is 11.1. The van der Waals surface area contributed by atoms with E-state index < -0.39 is 0 Å². The second-order valence-corrected chi connectivity index (χ2v) is 3.71. The lowest BCUT2D eigenvalue weighted by Crippen LogP contribution is -2.36. The molecule has 0 aliphatic heterocycles. The number of aliphatic imine (C=N–C) groups is 1. The van der Waals surface area contributed by atoms with Gasteiger partial charge in [0.1, 0.15) is 0 Å². The molecule has 1 aromatic rings. The average molecular weight is 209 g/mol. The topological polar surface area (TPSA) is 36.4 Å². The van der Waals surface area contributed by atoms with Crippen molar-refractivity contribution in [1.29, 1.82) is 0 Å². The predicted octanol–water partition coefficient (Wildman–Crippen LogP) is 1.60. The summed E-state index contributed by atoms with van der Waals surface area (Å²) in [7, 11) is 1.76. The van der Waals surface area contributed by atoms with Crippen LogP contribution in [0, 0.1) is 0 Å². The molecule has 3 nitrogen and oxygen atoms in total. The third-order valence-electron chi connectivity index (χ3n) is 1.65. The van der Waals surface area contributed by atoms with E-state index in [0.29, 0.717) is 0 Å². The minimum absolute atomic E-state index is 0.726. The van der Waals surface area contributed by atoms with Gasteiger partial charge in [-0.3, -0.25) is 4.99 Å². The van der Waals surface area contributed by atoms with Gasteiger partial charge in [-0.2, -0.15) is 0 Å². The quantitative estimate of drug-likeness (QED) is 0.449. The van der Waals surface area contributed by atoms with Gasteiger partial charge in [-0.25, -0.2) is 0 Å². The average Bonchev–Trinajstić information content (AvgIpc) is 2.71. The Balaban J connectivity index is 2.31. The van der Waals surface area contributed by atoms with Crippen molar-refractivity contribution in [3.8, 4) is 0 Å². The Morgan fingerprint density at radius 3 is 3.07 bits per heavy atom. The highest BCUT2D eigenvalue weighted by molar-refractivity contribution is 7.09. The number of guanidine groups is 1. The monoisotopic (exact) mass is 209 g/mol. The summed E-state index contributed by atoms with van der Waals surface area (Å²) in [5, 5.41) is 8.38. The molecule has 0 saturated carbocycles. The molecule has 0 atom stereocenters. The largest absolute Gasteiger partial charge is 0.353 e. The molecular weight excluding hydrogens is 194 g/mol. The molecule has 1 heterocycles. The van der Waals surface area contributed by atoms with Crippen molar-refractivity contribution >= 4 is 17.3 Å². The molecule has 0 amide bonds. The lowest BCUT2D eigenvalue weighted by atomic mass is 10.5. The van der Waals surface area contributed by atoms with E-state index in [1.807, 2.05) is 6.07 Å². The number of nitrogens with zero attached hydrogens (tertiary/aromatic N) is 1. The fourth-order valence-corrected chi connectivity index (χ4v) is 1.62. The van der Waals surface area contributed by atoms with Crippen LogP contribution < -0.4 is 10.6 Å².